The lowest BCUT2D eigenvalue weighted by atomic mass is 10.2. The molecule has 94 valence electrons. The number of carbonyl (C=O) groups is 1. The second kappa shape index (κ2) is 5.48. The number of amides is 1. The van der Waals surface area contributed by atoms with Crippen LogP contribution in [0.1, 0.15) is 12.0 Å². The molecule has 1 amide bonds. The molecule has 0 aliphatic heterocycles. The van der Waals surface area contributed by atoms with Crippen LogP contribution in [0.2, 0.25) is 0 Å². The summed E-state index contributed by atoms with van der Waals surface area (Å²) < 4.78 is 22.3. The molecule has 3 N–H and O–H groups in total. The first-order chi connectivity index (χ1) is 7.84. The van der Waals surface area contributed by atoms with Crippen LogP contribution < -0.4 is 10.5 Å². The van der Waals surface area contributed by atoms with Gasteiger partial charge in [0.15, 0.2) is 0 Å². The molecule has 0 heterocycles. The van der Waals surface area contributed by atoms with Gasteiger partial charge in [-0.25, -0.2) is 13.6 Å². The summed E-state index contributed by atoms with van der Waals surface area (Å²) in [4.78, 5) is 11.3. The minimum Gasteiger partial charge on any atom is -0.326 e. The Morgan fingerprint density at radius 3 is 2.65 bits per heavy atom. The molecule has 0 spiro atoms. The number of hydrogen-bond acceptors (Lipinski definition) is 3. The highest BCUT2D eigenvalue weighted by Crippen LogP contribution is 2.19. The molecule has 0 saturated heterocycles. The number of carbonyl (C=O) groups excluding carboxylic acids is 1. The van der Waals surface area contributed by atoms with Gasteiger partial charge in [-0.05, 0) is 24.6 Å². The maximum atomic E-state index is 11.3. The maximum absolute atomic E-state index is 11.3. The normalized spacial score (nSPS) is 11.2. The van der Waals surface area contributed by atoms with Crippen molar-refractivity contribution >= 4 is 33.2 Å². The summed E-state index contributed by atoms with van der Waals surface area (Å²) in [5.41, 5.74) is 1.17. The summed E-state index contributed by atoms with van der Waals surface area (Å²) in [5.74, 6) is -0.0607. The lowest BCUT2D eigenvalue weighted by molar-refractivity contribution is -0.115. The van der Waals surface area contributed by atoms with Gasteiger partial charge in [0.1, 0.15) is 0 Å². The topological polar surface area (TPSA) is 89.3 Å². The molecule has 17 heavy (non-hydrogen) atoms. The van der Waals surface area contributed by atoms with Crippen LogP contribution in [0.3, 0.4) is 0 Å². The van der Waals surface area contributed by atoms with Crippen LogP contribution in [0, 0.1) is 6.92 Å². The Morgan fingerprint density at radius 1 is 1.47 bits per heavy atom. The van der Waals surface area contributed by atoms with Gasteiger partial charge in [0.05, 0.1) is 4.90 Å². The molecular weight excluding hydrogens is 264 g/mol. The number of hydrogen-bond donors (Lipinski definition) is 2. The van der Waals surface area contributed by atoms with E-state index < -0.39 is 10.0 Å². The molecule has 0 bridgehead atoms. The third-order valence-electron chi connectivity index (χ3n) is 2.13. The molecule has 1 aromatic carbocycles. The second-order valence-electron chi connectivity index (χ2n) is 3.51. The molecule has 1 aromatic rings. The number of nitrogens with one attached hydrogen (secondary N) is 1. The zero-order chi connectivity index (χ0) is 13.1. The van der Waals surface area contributed by atoms with E-state index in [-0.39, 0.29) is 23.1 Å². The van der Waals surface area contributed by atoms with E-state index in [1.54, 1.807) is 13.0 Å². The van der Waals surface area contributed by atoms with E-state index in [0.717, 1.165) is 5.56 Å². The lowest BCUT2D eigenvalue weighted by Crippen LogP contribution is -2.15. The van der Waals surface area contributed by atoms with Gasteiger partial charge in [0.25, 0.3) is 0 Å². The number of benzene rings is 1. The Balaban J connectivity index is 3.03. The molecule has 0 aliphatic carbocycles. The van der Waals surface area contributed by atoms with Crippen molar-refractivity contribution in [3.8, 4) is 0 Å². The molecule has 0 aliphatic rings. The monoisotopic (exact) mass is 276 g/mol. The zero-order valence-corrected chi connectivity index (χ0v) is 10.8. The van der Waals surface area contributed by atoms with Crippen LogP contribution in [0.25, 0.3) is 0 Å². The van der Waals surface area contributed by atoms with Gasteiger partial charge in [0, 0.05) is 18.0 Å². The van der Waals surface area contributed by atoms with Crippen LogP contribution in [0.4, 0.5) is 5.69 Å². The second-order valence-corrected chi connectivity index (χ2v) is 5.45. The Bertz CT molecular complexity index is 528. The third-order valence-corrected chi connectivity index (χ3v) is 3.23. The molecule has 0 atom stereocenters. The first kappa shape index (κ1) is 14.0. The van der Waals surface area contributed by atoms with Crippen LogP contribution >= 0.6 is 11.6 Å². The summed E-state index contributed by atoms with van der Waals surface area (Å²) in [6, 6.07) is 4.30. The Hall–Kier alpha value is -1.11. The fourth-order valence-electron chi connectivity index (χ4n) is 1.21. The summed E-state index contributed by atoms with van der Waals surface area (Å²) >= 11 is 5.43. The molecule has 0 aromatic heterocycles. The number of primary sulfonamides is 1. The van der Waals surface area contributed by atoms with Gasteiger partial charge >= 0.3 is 0 Å². The average Bonchev–Trinajstić information content (AvgIpc) is 2.20. The molecule has 0 fully saturated rings. The lowest BCUT2D eigenvalue weighted by Gasteiger charge is -2.09. The molecule has 0 saturated carbocycles. The highest BCUT2D eigenvalue weighted by molar-refractivity contribution is 7.89. The van der Waals surface area contributed by atoms with Gasteiger partial charge in [-0.15, -0.1) is 11.6 Å². The molecular formula is C10H13ClN2O3S. The standard InChI is InChI=1S/C10H13ClN2O3S/c1-7-2-3-8(17(12,15)16)6-9(7)13-10(14)4-5-11/h2-3,6H,4-5H2,1H3,(H,13,14)(H2,12,15,16). The summed E-state index contributed by atoms with van der Waals surface area (Å²) in [6.07, 6.45) is 0.167. The van der Waals surface area contributed by atoms with E-state index in [4.69, 9.17) is 16.7 Å². The zero-order valence-electron chi connectivity index (χ0n) is 9.23. The quantitative estimate of drug-likeness (QED) is 0.810. The summed E-state index contributed by atoms with van der Waals surface area (Å²) in [7, 11) is -3.77. The van der Waals surface area contributed by atoms with E-state index >= 15 is 0 Å². The number of nitrogens with two attached hydrogens (primary N) is 1. The van der Waals surface area contributed by atoms with Crippen molar-refractivity contribution in [1.82, 2.24) is 0 Å². The SMILES string of the molecule is Cc1ccc(S(N)(=O)=O)cc1NC(=O)CCCl. The van der Waals surface area contributed by atoms with Crippen molar-refractivity contribution < 1.29 is 13.2 Å². The number of anilines is 1. The average molecular weight is 277 g/mol. The number of halogens is 1. The third kappa shape index (κ3) is 3.99. The maximum Gasteiger partial charge on any atom is 0.238 e. The van der Waals surface area contributed by atoms with Gasteiger partial charge in [0.2, 0.25) is 15.9 Å². The fraction of sp³-hybridized carbons (Fsp3) is 0.300. The van der Waals surface area contributed by atoms with Crippen LogP contribution in [0.15, 0.2) is 23.1 Å². The number of aryl methyl sites for hydroxylation is 1. The summed E-state index contributed by atoms with van der Waals surface area (Å²) in [6.45, 7) is 1.75. The van der Waals surface area contributed by atoms with Gasteiger partial charge in [-0.3, -0.25) is 4.79 Å². The Morgan fingerprint density at radius 2 is 2.12 bits per heavy atom. The molecule has 0 radical (unpaired) electrons. The van der Waals surface area contributed by atoms with E-state index in [0.29, 0.717) is 5.69 Å². The van der Waals surface area contributed by atoms with Crippen LogP contribution in [-0.4, -0.2) is 20.2 Å². The van der Waals surface area contributed by atoms with Crippen molar-refractivity contribution in [2.45, 2.75) is 18.2 Å². The van der Waals surface area contributed by atoms with E-state index in [2.05, 4.69) is 5.32 Å². The van der Waals surface area contributed by atoms with Crippen LogP contribution in [0.5, 0.6) is 0 Å². The number of sulfonamides is 1. The molecule has 5 nitrogen and oxygen atoms in total. The van der Waals surface area contributed by atoms with Crippen molar-refractivity contribution in [1.29, 1.82) is 0 Å². The molecule has 0 unspecified atom stereocenters. The first-order valence-corrected chi connectivity index (χ1v) is 6.92. The highest BCUT2D eigenvalue weighted by atomic mass is 35.5. The Labute approximate surface area is 105 Å². The van der Waals surface area contributed by atoms with Crippen LogP contribution in [-0.2, 0) is 14.8 Å². The largest absolute Gasteiger partial charge is 0.326 e. The van der Waals surface area contributed by atoms with Gasteiger partial charge in [-0.2, -0.15) is 0 Å². The minimum absolute atomic E-state index is 0.0377. The fourth-order valence-corrected chi connectivity index (χ4v) is 1.92. The minimum atomic E-state index is -3.77. The van der Waals surface area contributed by atoms with E-state index in [1.165, 1.54) is 12.1 Å². The first-order valence-electron chi connectivity index (χ1n) is 4.84. The smallest absolute Gasteiger partial charge is 0.238 e. The van der Waals surface area contributed by atoms with E-state index in [9.17, 15) is 13.2 Å². The van der Waals surface area contributed by atoms with Gasteiger partial charge < -0.3 is 5.32 Å². The number of rotatable bonds is 4. The molecule has 1 rings (SSSR count). The van der Waals surface area contributed by atoms with Crippen molar-refractivity contribution in [2.24, 2.45) is 5.14 Å². The molecule has 7 heteroatoms. The number of alkyl halides is 1. The predicted octanol–water partition coefficient (Wildman–Crippen LogP) is 1.21. The summed E-state index contributed by atoms with van der Waals surface area (Å²) in [5, 5.41) is 7.58. The van der Waals surface area contributed by atoms with E-state index in [1.807, 2.05) is 0 Å². The predicted molar refractivity (Wildman–Crippen MR) is 66.5 cm³/mol. The van der Waals surface area contributed by atoms with Crippen molar-refractivity contribution in [3.05, 3.63) is 23.8 Å². The van der Waals surface area contributed by atoms with Gasteiger partial charge in [-0.1, -0.05) is 6.07 Å². The highest BCUT2D eigenvalue weighted by Gasteiger charge is 2.11. The van der Waals surface area contributed by atoms with Crippen molar-refractivity contribution in [3.63, 3.8) is 0 Å². The van der Waals surface area contributed by atoms with Crippen molar-refractivity contribution in [2.75, 3.05) is 11.2 Å². The Kier molecular flexibility index (Phi) is 4.50.